The maximum absolute atomic E-state index is 12.0. The fraction of sp³-hybridized carbons (Fsp3) is 0.385. The number of nitrogens with zero attached hydrogens (tertiary/aromatic N) is 1. The number of amides is 2. The average molecular weight is 265 g/mol. The highest BCUT2D eigenvalue weighted by atomic mass is 32.1. The van der Waals surface area contributed by atoms with E-state index in [4.69, 9.17) is 18.0 Å². The molecule has 1 aromatic carbocycles. The number of urea groups is 1. The van der Waals surface area contributed by atoms with Crippen molar-refractivity contribution in [2.24, 2.45) is 5.73 Å². The van der Waals surface area contributed by atoms with Crippen molar-refractivity contribution < 1.29 is 4.79 Å². The van der Waals surface area contributed by atoms with Crippen LogP contribution < -0.4 is 11.1 Å². The van der Waals surface area contributed by atoms with Crippen molar-refractivity contribution in [2.75, 3.05) is 18.4 Å². The Morgan fingerprint density at radius 3 is 2.50 bits per heavy atom. The molecule has 0 spiro atoms. The first-order valence-electron chi connectivity index (χ1n) is 5.96. The smallest absolute Gasteiger partial charge is 0.321 e. The topological polar surface area (TPSA) is 58.4 Å². The summed E-state index contributed by atoms with van der Waals surface area (Å²) in [4.78, 5) is 14.0. The number of thiocarbonyl (C=S) groups is 1. The van der Waals surface area contributed by atoms with Crippen molar-refractivity contribution in [3.8, 4) is 0 Å². The van der Waals surface area contributed by atoms with Crippen molar-refractivity contribution in [1.82, 2.24) is 4.90 Å². The first-order valence-corrected chi connectivity index (χ1v) is 6.36. The molecule has 0 aliphatic rings. The number of aryl methyl sites for hydroxylation is 1. The molecule has 0 aliphatic heterocycles. The Kier molecular flexibility index (Phi) is 5.09. The van der Waals surface area contributed by atoms with Crippen LogP contribution in [0.25, 0.3) is 0 Å². The molecule has 98 valence electrons. The Morgan fingerprint density at radius 2 is 2.00 bits per heavy atom. The summed E-state index contributed by atoms with van der Waals surface area (Å²) in [5, 5.41) is 2.88. The van der Waals surface area contributed by atoms with Gasteiger partial charge in [0.2, 0.25) is 0 Å². The van der Waals surface area contributed by atoms with Gasteiger partial charge in [-0.05, 0) is 32.4 Å². The van der Waals surface area contributed by atoms with Crippen molar-refractivity contribution >= 4 is 28.9 Å². The molecule has 2 amide bonds. The van der Waals surface area contributed by atoms with Crippen molar-refractivity contribution in [2.45, 2.75) is 20.8 Å². The van der Waals surface area contributed by atoms with Crippen LogP contribution in [0.2, 0.25) is 0 Å². The van der Waals surface area contributed by atoms with Crippen molar-refractivity contribution in [3.63, 3.8) is 0 Å². The van der Waals surface area contributed by atoms with Gasteiger partial charge in [0, 0.05) is 24.3 Å². The highest BCUT2D eigenvalue weighted by Gasteiger charge is 2.11. The van der Waals surface area contributed by atoms with Crippen LogP contribution in [0.4, 0.5) is 10.5 Å². The van der Waals surface area contributed by atoms with Gasteiger partial charge < -0.3 is 16.0 Å². The average Bonchev–Trinajstić information content (AvgIpc) is 2.33. The standard InChI is InChI=1S/C13H19N3OS/c1-4-16(5-2)13(17)15-11-8-10(12(14)18)7-6-9(11)3/h6-8H,4-5H2,1-3H3,(H2,14,18)(H,15,17). The maximum atomic E-state index is 12.0. The van der Waals surface area contributed by atoms with Gasteiger partial charge in [-0.2, -0.15) is 0 Å². The molecule has 4 nitrogen and oxygen atoms in total. The molecule has 0 saturated heterocycles. The van der Waals surface area contributed by atoms with Gasteiger partial charge in [-0.1, -0.05) is 24.4 Å². The van der Waals surface area contributed by atoms with Crippen LogP contribution in [0.15, 0.2) is 18.2 Å². The third-order valence-electron chi connectivity index (χ3n) is 2.81. The van der Waals surface area contributed by atoms with Gasteiger partial charge in [-0.25, -0.2) is 4.79 Å². The summed E-state index contributed by atoms with van der Waals surface area (Å²) >= 11 is 4.93. The summed E-state index contributed by atoms with van der Waals surface area (Å²) < 4.78 is 0. The van der Waals surface area contributed by atoms with E-state index in [1.54, 1.807) is 11.0 Å². The van der Waals surface area contributed by atoms with Gasteiger partial charge in [-0.15, -0.1) is 0 Å². The van der Waals surface area contributed by atoms with E-state index >= 15 is 0 Å². The molecule has 1 aromatic rings. The first kappa shape index (κ1) is 14.4. The van der Waals surface area contributed by atoms with Crippen molar-refractivity contribution in [3.05, 3.63) is 29.3 Å². The lowest BCUT2D eigenvalue weighted by Gasteiger charge is -2.20. The fourth-order valence-corrected chi connectivity index (χ4v) is 1.74. The van der Waals surface area contributed by atoms with Crippen LogP contribution in [0.1, 0.15) is 25.0 Å². The number of nitrogens with two attached hydrogens (primary N) is 1. The summed E-state index contributed by atoms with van der Waals surface area (Å²) in [7, 11) is 0. The zero-order chi connectivity index (χ0) is 13.7. The van der Waals surface area contributed by atoms with Crippen LogP contribution in [0, 0.1) is 6.92 Å². The molecule has 3 N–H and O–H groups in total. The molecule has 0 aromatic heterocycles. The van der Waals surface area contributed by atoms with Crippen LogP contribution in [0.5, 0.6) is 0 Å². The van der Waals surface area contributed by atoms with E-state index < -0.39 is 0 Å². The second kappa shape index (κ2) is 6.35. The predicted octanol–water partition coefficient (Wildman–Crippen LogP) is 2.50. The largest absolute Gasteiger partial charge is 0.389 e. The van der Waals surface area contributed by atoms with Crippen LogP contribution in [-0.4, -0.2) is 29.0 Å². The van der Waals surface area contributed by atoms with E-state index in [1.807, 2.05) is 32.9 Å². The third-order valence-corrected chi connectivity index (χ3v) is 3.05. The van der Waals surface area contributed by atoms with E-state index in [2.05, 4.69) is 5.32 Å². The van der Waals surface area contributed by atoms with Crippen LogP contribution in [-0.2, 0) is 0 Å². The Bertz CT molecular complexity index is 456. The Morgan fingerprint density at radius 1 is 1.39 bits per heavy atom. The van der Waals surface area contributed by atoms with Crippen molar-refractivity contribution in [1.29, 1.82) is 0 Å². The van der Waals surface area contributed by atoms with Crippen LogP contribution >= 0.6 is 12.2 Å². The molecule has 0 aliphatic carbocycles. The molecular weight excluding hydrogens is 246 g/mol. The van der Waals surface area contributed by atoms with E-state index in [0.29, 0.717) is 18.1 Å². The highest BCUT2D eigenvalue weighted by Crippen LogP contribution is 2.17. The number of anilines is 1. The molecule has 0 radical (unpaired) electrons. The number of benzene rings is 1. The van der Waals surface area contributed by atoms with Gasteiger partial charge in [0.15, 0.2) is 0 Å². The highest BCUT2D eigenvalue weighted by molar-refractivity contribution is 7.80. The molecule has 18 heavy (non-hydrogen) atoms. The maximum Gasteiger partial charge on any atom is 0.321 e. The third kappa shape index (κ3) is 3.43. The first-order chi connectivity index (χ1) is 8.49. The van der Waals surface area contributed by atoms with Gasteiger partial charge in [0.05, 0.1) is 0 Å². The zero-order valence-corrected chi connectivity index (χ0v) is 11.8. The lowest BCUT2D eigenvalue weighted by molar-refractivity contribution is 0.217. The van der Waals surface area contributed by atoms with Crippen LogP contribution in [0.3, 0.4) is 0 Å². The minimum atomic E-state index is -0.108. The Labute approximate surface area is 113 Å². The van der Waals surface area contributed by atoms with E-state index in [9.17, 15) is 4.79 Å². The van der Waals surface area contributed by atoms with E-state index in [0.717, 1.165) is 16.8 Å². The van der Waals surface area contributed by atoms with Gasteiger partial charge in [0.1, 0.15) is 4.99 Å². The predicted molar refractivity (Wildman–Crippen MR) is 79.0 cm³/mol. The minimum Gasteiger partial charge on any atom is -0.389 e. The summed E-state index contributed by atoms with van der Waals surface area (Å²) in [6.45, 7) is 7.18. The minimum absolute atomic E-state index is 0.108. The normalized spacial score (nSPS) is 9.94. The molecule has 0 atom stereocenters. The number of hydrogen-bond acceptors (Lipinski definition) is 2. The second-order valence-corrected chi connectivity index (χ2v) is 4.44. The van der Waals surface area contributed by atoms with E-state index in [-0.39, 0.29) is 6.03 Å². The van der Waals surface area contributed by atoms with E-state index in [1.165, 1.54) is 0 Å². The summed E-state index contributed by atoms with van der Waals surface area (Å²) in [5.41, 5.74) is 8.07. The molecule has 0 heterocycles. The Hall–Kier alpha value is -1.62. The number of rotatable bonds is 4. The number of hydrogen-bond donors (Lipinski definition) is 2. The molecule has 5 heteroatoms. The Balaban J connectivity index is 2.93. The molecular formula is C13H19N3OS. The molecule has 0 fully saturated rings. The van der Waals surface area contributed by atoms with Gasteiger partial charge in [0.25, 0.3) is 0 Å². The van der Waals surface area contributed by atoms with Gasteiger partial charge in [-0.3, -0.25) is 0 Å². The molecule has 1 rings (SSSR count). The second-order valence-electron chi connectivity index (χ2n) is 4.00. The van der Waals surface area contributed by atoms with Gasteiger partial charge >= 0.3 is 6.03 Å². The lowest BCUT2D eigenvalue weighted by Crippen LogP contribution is -2.34. The number of nitrogens with one attached hydrogen (secondary N) is 1. The summed E-state index contributed by atoms with van der Waals surface area (Å²) in [6, 6.07) is 5.44. The molecule has 0 bridgehead atoms. The zero-order valence-electron chi connectivity index (χ0n) is 11.0. The monoisotopic (exact) mass is 265 g/mol. The molecule has 0 unspecified atom stereocenters. The quantitative estimate of drug-likeness (QED) is 0.822. The number of carbonyl (C=O) groups excluding carboxylic acids is 1. The summed E-state index contributed by atoms with van der Waals surface area (Å²) in [6.07, 6.45) is 0. The summed E-state index contributed by atoms with van der Waals surface area (Å²) in [5.74, 6) is 0. The number of carbonyl (C=O) groups is 1. The SMILES string of the molecule is CCN(CC)C(=O)Nc1cc(C(N)=S)ccc1C. The molecule has 0 saturated carbocycles. The lowest BCUT2D eigenvalue weighted by atomic mass is 10.1. The fourth-order valence-electron chi connectivity index (χ4n) is 1.62.